The highest BCUT2D eigenvalue weighted by Crippen LogP contribution is 2.61. The van der Waals surface area contributed by atoms with Crippen LogP contribution in [-0.2, 0) is 9.53 Å². The number of ether oxygens (including phenoxy) is 1. The van der Waals surface area contributed by atoms with Gasteiger partial charge in [0.15, 0.2) is 0 Å². The minimum Gasteiger partial charge on any atom is -0.457 e. The highest BCUT2D eigenvalue weighted by Gasteiger charge is 2.52. The van der Waals surface area contributed by atoms with E-state index in [4.69, 9.17) is 4.74 Å². The Morgan fingerprint density at radius 1 is 1.37 bits per heavy atom. The molecule has 4 atom stereocenters. The summed E-state index contributed by atoms with van der Waals surface area (Å²) in [7, 11) is 0. The topological polar surface area (TPSA) is 46.5 Å². The lowest BCUT2D eigenvalue weighted by atomic mass is 9.47. The van der Waals surface area contributed by atoms with Gasteiger partial charge in [0, 0.05) is 6.08 Å². The Bertz CT molecular complexity index is 570. The van der Waals surface area contributed by atoms with Crippen LogP contribution < -0.4 is 0 Å². The Hall–Kier alpha value is -1.09. The fourth-order valence-corrected chi connectivity index (χ4v) is 5.90. The molecular weight excluding hydrogens is 336 g/mol. The molecule has 2 saturated carbocycles. The highest BCUT2D eigenvalue weighted by atomic mass is 16.5. The molecule has 2 aliphatic rings. The first kappa shape index (κ1) is 22.2. The van der Waals surface area contributed by atoms with Crippen LogP contribution in [0, 0.1) is 22.7 Å². The summed E-state index contributed by atoms with van der Waals surface area (Å²) < 4.78 is 5.28. The number of hydrogen-bond donors (Lipinski definition) is 1. The Morgan fingerprint density at radius 3 is 2.70 bits per heavy atom. The molecule has 0 aliphatic heterocycles. The quantitative estimate of drug-likeness (QED) is 0.346. The minimum absolute atomic E-state index is 0.118. The standard InChI is InChI=1S/C24H40O3/c1-7-19(16-25)27-22(26)15-17(2)9-11-20-18(3)10-12-21-23(4,5)13-8-14-24(20,21)6/h15,19-21,25H,3,7-14,16H2,1-2,4-6H3/b17-15+/t19?,20-,21-,24-/m1/s1. The lowest BCUT2D eigenvalue weighted by Crippen LogP contribution is -2.49. The molecule has 2 aliphatic carbocycles. The molecule has 1 unspecified atom stereocenters. The smallest absolute Gasteiger partial charge is 0.331 e. The van der Waals surface area contributed by atoms with Crippen molar-refractivity contribution in [2.24, 2.45) is 22.7 Å². The van der Waals surface area contributed by atoms with E-state index in [2.05, 4.69) is 27.4 Å². The van der Waals surface area contributed by atoms with Crippen LogP contribution in [0.1, 0.15) is 86.0 Å². The molecule has 0 aromatic carbocycles. The molecule has 1 N–H and O–H groups in total. The van der Waals surface area contributed by atoms with Gasteiger partial charge in [-0.25, -0.2) is 4.79 Å². The van der Waals surface area contributed by atoms with Crippen molar-refractivity contribution in [3.63, 3.8) is 0 Å². The van der Waals surface area contributed by atoms with E-state index in [1.54, 1.807) is 6.08 Å². The molecule has 27 heavy (non-hydrogen) atoms. The van der Waals surface area contributed by atoms with E-state index in [1.807, 2.05) is 13.8 Å². The molecule has 0 radical (unpaired) electrons. The summed E-state index contributed by atoms with van der Waals surface area (Å²) in [6.07, 6.45) is 10.2. The summed E-state index contributed by atoms with van der Waals surface area (Å²) in [4.78, 5) is 12.0. The zero-order chi connectivity index (χ0) is 20.2. The van der Waals surface area contributed by atoms with Gasteiger partial charge in [0.25, 0.3) is 0 Å². The zero-order valence-corrected chi connectivity index (χ0v) is 18.1. The number of allylic oxidation sites excluding steroid dienone is 2. The molecule has 2 fully saturated rings. The van der Waals surface area contributed by atoms with Crippen molar-refractivity contribution in [3.05, 3.63) is 23.8 Å². The first-order chi connectivity index (χ1) is 12.6. The van der Waals surface area contributed by atoms with Gasteiger partial charge in [-0.3, -0.25) is 0 Å². The van der Waals surface area contributed by atoms with Gasteiger partial charge in [-0.2, -0.15) is 0 Å². The number of esters is 1. The van der Waals surface area contributed by atoms with E-state index in [1.165, 1.54) is 31.3 Å². The normalized spacial score (nSPS) is 31.9. The number of carbonyl (C=O) groups excluding carboxylic acids is 1. The average Bonchev–Trinajstić information content (AvgIpc) is 2.58. The third-order valence-electron chi connectivity index (χ3n) is 7.45. The molecule has 0 bridgehead atoms. The molecule has 3 heteroatoms. The minimum atomic E-state index is -0.399. The summed E-state index contributed by atoms with van der Waals surface area (Å²) in [5, 5.41) is 9.18. The van der Waals surface area contributed by atoms with Crippen LogP contribution in [0.25, 0.3) is 0 Å². The van der Waals surface area contributed by atoms with E-state index in [0.717, 1.165) is 30.8 Å². The maximum absolute atomic E-state index is 12.0. The summed E-state index contributed by atoms with van der Waals surface area (Å²) in [6, 6.07) is 0. The fraction of sp³-hybridized carbons (Fsp3) is 0.792. The van der Waals surface area contributed by atoms with Crippen molar-refractivity contribution in [3.8, 4) is 0 Å². The Morgan fingerprint density at radius 2 is 2.07 bits per heavy atom. The first-order valence-electron chi connectivity index (χ1n) is 10.8. The van der Waals surface area contributed by atoms with Crippen molar-refractivity contribution in [2.75, 3.05) is 6.61 Å². The fourth-order valence-electron chi connectivity index (χ4n) is 5.90. The van der Waals surface area contributed by atoms with Gasteiger partial charge in [-0.1, -0.05) is 51.8 Å². The molecule has 0 aromatic rings. The lowest BCUT2D eigenvalue weighted by molar-refractivity contribution is -0.145. The lowest BCUT2D eigenvalue weighted by Gasteiger charge is -2.58. The largest absolute Gasteiger partial charge is 0.457 e. The van der Waals surface area contributed by atoms with Crippen LogP contribution >= 0.6 is 0 Å². The van der Waals surface area contributed by atoms with Gasteiger partial charge in [0.2, 0.25) is 0 Å². The van der Waals surface area contributed by atoms with Crippen molar-refractivity contribution < 1.29 is 14.6 Å². The number of aliphatic hydroxyl groups excluding tert-OH is 1. The van der Waals surface area contributed by atoms with Crippen LogP contribution in [-0.4, -0.2) is 23.8 Å². The van der Waals surface area contributed by atoms with E-state index in [-0.39, 0.29) is 12.6 Å². The van der Waals surface area contributed by atoms with Gasteiger partial charge < -0.3 is 9.84 Å². The number of rotatable bonds is 7. The van der Waals surface area contributed by atoms with E-state index >= 15 is 0 Å². The van der Waals surface area contributed by atoms with E-state index in [0.29, 0.717) is 23.2 Å². The molecule has 2 rings (SSSR count). The van der Waals surface area contributed by atoms with Crippen LogP contribution in [0.5, 0.6) is 0 Å². The third-order valence-corrected chi connectivity index (χ3v) is 7.45. The highest BCUT2D eigenvalue weighted by molar-refractivity contribution is 5.82. The van der Waals surface area contributed by atoms with Gasteiger partial charge in [0.05, 0.1) is 6.61 Å². The molecular formula is C24H40O3. The van der Waals surface area contributed by atoms with Crippen molar-refractivity contribution in [2.45, 2.75) is 92.1 Å². The Kier molecular flexibility index (Phi) is 7.35. The predicted octanol–water partition coefficient (Wildman–Crippen LogP) is 5.83. The van der Waals surface area contributed by atoms with Crippen LogP contribution in [0.15, 0.2) is 23.8 Å². The second-order valence-corrected chi connectivity index (χ2v) is 9.83. The van der Waals surface area contributed by atoms with Crippen molar-refractivity contribution >= 4 is 5.97 Å². The van der Waals surface area contributed by atoms with Gasteiger partial charge in [0.1, 0.15) is 6.10 Å². The van der Waals surface area contributed by atoms with E-state index < -0.39 is 6.10 Å². The van der Waals surface area contributed by atoms with Crippen LogP contribution in [0.4, 0.5) is 0 Å². The SMILES string of the molecule is C=C1CC[C@@H]2C(C)(C)CCC[C@]2(C)[C@@H]1CC/C(C)=C/C(=O)OC(CC)CO. The summed E-state index contributed by atoms with van der Waals surface area (Å²) >= 11 is 0. The van der Waals surface area contributed by atoms with Crippen molar-refractivity contribution in [1.82, 2.24) is 0 Å². The molecule has 0 saturated heterocycles. The van der Waals surface area contributed by atoms with Gasteiger partial charge in [-0.05, 0) is 74.5 Å². The molecule has 3 nitrogen and oxygen atoms in total. The molecule has 0 amide bonds. The second-order valence-electron chi connectivity index (χ2n) is 9.83. The summed E-state index contributed by atoms with van der Waals surface area (Å²) in [5.41, 5.74) is 3.22. The maximum Gasteiger partial charge on any atom is 0.331 e. The number of hydrogen-bond acceptors (Lipinski definition) is 3. The number of aliphatic hydroxyl groups is 1. The monoisotopic (exact) mass is 376 g/mol. The molecule has 0 spiro atoms. The summed E-state index contributed by atoms with van der Waals surface area (Å²) in [5.74, 6) is 0.966. The zero-order valence-electron chi connectivity index (χ0n) is 18.1. The Labute approximate surface area is 166 Å². The van der Waals surface area contributed by atoms with Crippen molar-refractivity contribution in [1.29, 1.82) is 0 Å². The third kappa shape index (κ3) is 5.04. The Balaban J connectivity index is 2.03. The number of carbonyl (C=O) groups is 1. The second kappa shape index (κ2) is 8.94. The van der Waals surface area contributed by atoms with Crippen LogP contribution in [0.3, 0.4) is 0 Å². The maximum atomic E-state index is 12.0. The van der Waals surface area contributed by atoms with Gasteiger partial charge in [-0.15, -0.1) is 0 Å². The average molecular weight is 377 g/mol. The van der Waals surface area contributed by atoms with E-state index in [9.17, 15) is 9.90 Å². The predicted molar refractivity (Wildman–Crippen MR) is 111 cm³/mol. The van der Waals surface area contributed by atoms with Crippen LogP contribution in [0.2, 0.25) is 0 Å². The molecule has 0 heterocycles. The molecule has 0 aromatic heterocycles. The molecule has 154 valence electrons. The first-order valence-corrected chi connectivity index (χ1v) is 10.8. The summed E-state index contributed by atoms with van der Waals surface area (Å²) in [6.45, 7) is 15.6. The number of fused-ring (bicyclic) bond motifs is 1. The van der Waals surface area contributed by atoms with Gasteiger partial charge >= 0.3 is 5.97 Å².